The Morgan fingerprint density at radius 3 is 2.24 bits per heavy atom. The fourth-order valence-corrected chi connectivity index (χ4v) is 4.32. The molecule has 1 amide bonds. The SMILES string of the molecule is CN(c1ccccc1)S(=O)(=O)c1ccc(Cl)c(C(=O)Nc2cc(Cl)ccc2Cl)c1. The van der Waals surface area contributed by atoms with Gasteiger partial charge in [-0.15, -0.1) is 0 Å². The minimum Gasteiger partial charge on any atom is -0.321 e. The lowest BCUT2D eigenvalue weighted by molar-refractivity contribution is 0.102. The van der Waals surface area contributed by atoms with Crippen molar-refractivity contribution in [3.05, 3.63) is 87.4 Å². The molecule has 0 heterocycles. The van der Waals surface area contributed by atoms with Crippen LogP contribution in [0.15, 0.2) is 71.6 Å². The van der Waals surface area contributed by atoms with Crippen LogP contribution >= 0.6 is 34.8 Å². The molecule has 1 N–H and O–H groups in total. The van der Waals surface area contributed by atoms with Crippen LogP contribution < -0.4 is 9.62 Å². The van der Waals surface area contributed by atoms with Gasteiger partial charge in [-0.05, 0) is 48.5 Å². The fraction of sp³-hybridized carbons (Fsp3) is 0.0500. The quantitative estimate of drug-likeness (QED) is 0.519. The first-order chi connectivity index (χ1) is 13.7. The van der Waals surface area contributed by atoms with E-state index in [1.54, 1.807) is 36.4 Å². The zero-order valence-corrected chi connectivity index (χ0v) is 18.1. The average molecular weight is 470 g/mol. The summed E-state index contributed by atoms with van der Waals surface area (Å²) >= 11 is 18.2. The van der Waals surface area contributed by atoms with Crippen LogP contribution in [0.3, 0.4) is 0 Å². The van der Waals surface area contributed by atoms with E-state index in [4.69, 9.17) is 34.8 Å². The highest BCUT2D eigenvalue weighted by Gasteiger charge is 2.24. The van der Waals surface area contributed by atoms with Crippen LogP contribution in [0.5, 0.6) is 0 Å². The molecule has 3 rings (SSSR count). The molecule has 29 heavy (non-hydrogen) atoms. The minimum atomic E-state index is -3.91. The predicted molar refractivity (Wildman–Crippen MR) is 118 cm³/mol. The monoisotopic (exact) mass is 468 g/mol. The highest BCUT2D eigenvalue weighted by molar-refractivity contribution is 7.92. The number of nitrogens with zero attached hydrogens (tertiary/aromatic N) is 1. The van der Waals surface area contributed by atoms with E-state index in [9.17, 15) is 13.2 Å². The van der Waals surface area contributed by atoms with E-state index in [1.165, 1.54) is 37.4 Å². The van der Waals surface area contributed by atoms with E-state index in [2.05, 4.69) is 5.32 Å². The molecular weight excluding hydrogens is 455 g/mol. The molecule has 0 fully saturated rings. The van der Waals surface area contributed by atoms with Crippen LogP contribution in [0.4, 0.5) is 11.4 Å². The number of carbonyl (C=O) groups excluding carboxylic acids is 1. The maximum atomic E-state index is 13.0. The van der Waals surface area contributed by atoms with Gasteiger partial charge in [-0.2, -0.15) is 0 Å². The van der Waals surface area contributed by atoms with Crippen LogP contribution in [-0.2, 0) is 10.0 Å². The number of amides is 1. The Kier molecular flexibility index (Phi) is 6.39. The molecule has 0 aliphatic carbocycles. The zero-order valence-electron chi connectivity index (χ0n) is 15.1. The molecule has 0 bridgehead atoms. The van der Waals surface area contributed by atoms with Crippen molar-refractivity contribution < 1.29 is 13.2 Å². The maximum Gasteiger partial charge on any atom is 0.264 e. The van der Waals surface area contributed by atoms with Gasteiger partial charge in [-0.25, -0.2) is 8.42 Å². The van der Waals surface area contributed by atoms with Crippen molar-refractivity contribution in [1.82, 2.24) is 0 Å². The Balaban J connectivity index is 1.95. The molecule has 0 unspecified atom stereocenters. The second kappa shape index (κ2) is 8.63. The van der Waals surface area contributed by atoms with Crippen molar-refractivity contribution in [2.75, 3.05) is 16.7 Å². The molecule has 0 atom stereocenters. The molecule has 0 saturated carbocycles. The van der Waals surface area contributed by atoms with Crippen LogP contribution in [-0.4, -0.2) is 21.4 Å². The fourth-order valence-electron chi connectivity index (χ4n) is 2.56. The van der Waals surface area contributed by atoms with Crippen molar-refractivity contribution >= 4 is 62.1 Å². The Bertz CT molecular complexity index is 1170. The van der Waals surface area contributed by atoms with Crippen molar-refractivity contribution in [3.63, 3.8) is 0 Å². The summed E-state index contributed by atoms with van der Waals surface area (Å²) in [6.07, 6.45) is 0. The van der Waals surface area contributed by atoms with E-state index in [0.717, 1.165) is 4.31 Å². The lowest BCUT2D eigenvalue weighted by atomic mass is 10.2. The molecule has 0 aromatic heterocycles. The summed E-state index contributed by atoms with van der Waals surface area (Å²) in [6, 6.07) is 17.1. The van der Waals surface area contributed by atoms with Crippen molar-refractivity contribution in [2.45, 2.75) is 4.90 Å². The van der Waals surface area contributed by atoms with Gasteiger partial charge in [-0.3, -0.25) is 9.10 Å². The van der Waals surface area contributed by atoms with Crippen molar-refractivity contribution in [3.8, 4) is 0 Å². The third kappa shape index (κ3) is 4.67. The average Bonchev–Trinajstić information content (AvgIpc) is 2.70. The number of halogens is 3. The molecule has 0 aliphatic rings. The molecule has 0 spiro atoms. The van der Waals surface area contributed by atoms with Gasteiger partial charge in [0.2, 0.25) is 0 Å². The van der Waals surface area contributed by atoms with Gasteiger partial charge < -0.3 is 5.32 Å². The summed E-state index contributed by atoms with van der Waals surface area (Å²) in [4.78, 5) is 12.6. The summed E-state index contributed by atoms with van der Waals surface area (Å²) in [5.74, 6) is -0.612. The van der Waals surface area contributed by atoms with Crippen LogP contribution in [0.2, 0.25) is 15.1 Å². The lowest BCUT2D eigenvalue weighted by Crippen LogP contribution is -2.27. The summed E-state index contributed by atoms with van der Waals surface area (Å²) < 4.78 is 27.1. The lowest BCUT2D eigenvalue weighted by Gasteiger charge is -2.20. The number of para-hydroxylation sites is 1. The first-order valence-corrected chi connectivity index (χ1v) is 10.9. The third-order valence-electron chi connectivity index (χ3n) is 4.14. The molecule has 5 nitrogen and oxygen atoms in total. The minimum absolute atomic E-state index is 0.00903. The van der Waals surface area contributed by atoms with Crippen LogP contribution in [0.1, 0.15) is 10.4 Å². The standard InChI is InChI=1S/C20H15Cl3N2O3S/c1-25(14-5-3-2-4-6-14)29(27,28)15-8-10-17(22)16(12-15)20(26)24-19-11-13(21)7-9-18(19)23/h2-12H,1H3,(H,24,26). The van der Waals surface area contributed by atoms with Gasteiger partial charge in [0.25, 0.3) is 15.9 Å². The maximum absolute atomic E-state index is 13.0. The van der Waals surface area contributed by atoms with Gasteiger partial charge in [-0.1, -0.05) is 53.0 Å². The Hall–Kier alpha value is -2.25. The van der Waals surface area contributed by atoms with Gasteiger partial charge in [0.05, 0.1) is 31.9 Å². The van der Waals surface area contributed by atoms with Gasteiger partial charge in [0, 0.05) is 12.1 Å². The molecule has 3 aromatic carbocycles. The molecule has 0 radical (unpaired) electrons. The van der Waals surface area contributed by atoms with E-state index in [-0.39, 0.29) is 26.2 Å². The van der Waals surface area contributed by atoms with Crippen LogP contribution in [0, 0.1) is 0 Å². The Labute approximate surface area is 183 Å². The van der Waals surface area contributed by atoms with Gasteiger partial charge in [0.15, 0.2) is 0 Å². The largest absolute Gasteiger partial charge is 0.321 e. The van der Waals surface area contributed by atoms with Gasteiger partial charge in [0.1, 0.15) is 0 Å². The number of carbonyl (C=O) groups is 1. The number of hydrogen-bond acceptors (Lipinski definition) is 3. The van der Waals surface area contributed by atoms with E-state index >= 15 is 0 Å². The Morgan fingerprint density at radius 2 is 1.55 bits per heavy atom. The van der Waals surface area contributed by atoms with Crippen molar-refractivity contribution in [2.24, 2.45) is 0 Å². The third-order valence-corrected chi connectivity index (χ3v) is 6.81. The first kappa shape index (κ1) is 21.5. The first-order valence-electron chi connectivity index (χ1n) is 8.30. The molecule has 9 heteroatoms. The number of hydrogen-bond donors (Lipinski definition) is 1. The van der Waals surface area contributed by atoms with E-state index < -0.39 is 15.9 Å². The molecule has 0 aliphatic heterocycles. The van der Waals surface area contributed by atoms with Crippen LogP contribution in [0.25, 0.3) is 0 Å². The second-order valence-electron chi connectivity index (χ2n) is 6.03. The topological polar surface area (TPSA) is 66.5 Å². The highest BCUT2D eigenvalue weighted by atomic mass is 35.5. The van der Waals surface area contributed by atoms with E-state index in [0.29, 0.717) is 10.7 Å². The molecule has 0 saturated heterocycles. The Morgan fingerprint density at radius 1 is 0.897 bits per heavy atom. The molecule has 3 aromatic rings. The summed E-state index contributed by atoms with van der Waals surface area (Å²) in [7, 11) is -2.47. The number of sulfonamides is 1. The smallest absolute Gasteiger partial charge is 0.264 e. The van der Waals surface area contributed by atoms with E-state index in [1.807, 2.05) is 0 Å². The summed E-state index contributed by atoms with van der Waals surface area (Å²) in [6.45, 7) is 0. The number of rotatable bonds is 5. The van der Waals surface area contributed by atoms with Crippen molar-refractivity contribution in [1.29, 1.82) is 0 Å². The normalized spacial score (nSPS) is 11.2. The number of benzene rings is 3. The predicted octanol–water partition coefficient (Wildman–Crippen LogP) is 5.72. The number of nitrogens with one attached hydrogen (secondary N) is 1. The molecule has 150 valence electrons. The highest BCUT2D eigenvalue weighted by Crippen LogP contribution is 2.29. The van der Waals surface area contributed by atoms with Gasteiger partial charge >= 0.3 is 0 Å². The zero-order chi connectivity index (χ0) is 21.2. The number of anilines is 2. The molecular formula is C20H15Cl3N2O3S. The summed E-state index contributed by atoms with van der Waals surface area (Å²) in [5.41, 5.74) is 0.763. The second-order valence-corrected chi connectivity index (χ2v) is 9.25. The summed E-state index contributed by atoms with van der Waals surface area (Å²) in [5, 5.41) is 3.37.